The minimum atomic E-state index is -3.23. The predicted molar refractivity (Wildman–Crippen MR) is 74.1 cm³/mol. The fourth-order valence-corrected chi connectivity index (χ4v) is 2.60. The van der Waals surface area contributed by atoms with E-state index in [0.717, 1.165) is 12.8 Å². The molecule has 0 saturated heterocycles. The normalized spacial score (nSPS) is 11.2. The van der Waals surface area contributed by atoms with Gasteiger partial charge in [0.2, 0.25) is 0 Å². The van der Waals surface area contributed by atoms with Crippen molar-refractivity contribution in [1.29, 1.82) is 0 Å². The van der Waals surface area contributed by atoms with Crippen LogP contribution in [0.25, 0.3) is 0 Å². The van der Waals surface area contributed by atoms with Gasteiger partial charge in [0, 0.05) is 19.2 Å². The van der Waals surface area contributed by atoms with E-state index in [1.54, 1.807) is 24.3 Å². The molecule has 0 heterocycles. The molecule has 0 atom stereocenters. The molecule has 0 aromatic heterocycles. The number of carboxylic acids is 1. The number of anilines is 1. The van der Waals surface area contributed by atoms with Crippen molar-refractivity contribution in [3.05, 3.63) is 24.3 Å². The van der Waals surface area contributed by atoms with Crippen LogP contribution in [-0.4, -0.2) is 32.3 Å². The van der Waals surface area contributed by atoms with Gasteiger partial charge < -0.3 is 10.4 Å². The van der Waals surface area contributed by atoms with Crippen LogP contribution in [0.1, 0.15) is 25.7 Å². The van der Waals surface area contributed by atoms with Crippen molar-refractivity contribution >= 4 is 21.5 Å². The van der Waals surface area contributed by atoms with E-state index in [2.05, 4.69) is 5.32 Å². The first-order chi connectivity index (χ1) is 8.91. The summed E-state index contributed by atoms with van der Waals surface area (Å²) in [5.74, 6) is -0.782. The molecule has 5 nitrogen and oxygen atoms in total. The zero-order valence-corrected chi connectivity index (χ0v) is 11.7. The Hall–Kier alpha value is -1.56. The molecule has 0 radical (unpaired) electrons. The molecule has 0 unspecified atom stereocenters. The molecular formula is C13H19NO4S. The lowest BCUT2D eigenvalue weighted by atomic mass is 10.2. The molecule has 6 heteroatoms. The zero-order valence-electron chi connectivity index (χ0n) is 10.9. The van der Waals surface area contributed by atoms with Crippen molar-refractivity contribution in [1.82, 2.24) is 0 Å². The Morgan fingerprint density at radius 1 is 1.21 bits per heavy atom. The Morgan fingerprint density at radius 2 is 1.89 bits per heavy atom. The van der Waals surface area contributed by atoms with Crippen LogP contribution < -0.4 is 5.32 Å². The Kier molecular flexibility index (Phi) is 5.82. The van der Waals surface area contributed by atoms with Gasteiger partial charge in [0.1, 0.15) is 0 Å². The van der Waals surface area contributed by atoms with E-state index in [-0.39, 0.29) is 6.42 Å². The summed E-state index contributed by atoms with van der Waals surface area (Å²) in [5, 5.41) is 11.6. The molecule has 0 aliphatic heterocycles. The standard InChI is InChI=1S/C13H19NO4S/c1-19(17,18)12-8-5-4-7-11(12)14-10-6-2-3-9-13(15)16/h4-5,7-8,14H,2-3,6,9-10H2,1H3,(H,15,16). The van der Waals surface area contributed by atoms with Crippen LogP contribution in [0.15, 0.2) is 29.2 Å². The fourth-order valence-electron chi connectivity index (χ4n) is 1.74. The van der Waals surface area contributed by atoms with Gasteiger partial charge in [0.25, 0.3) is 0 Å². The maximum absolute atomic E-state index is 11.6. The highest BCUT2D eigenvalue weighted by Gasteiger charge is 2.11. The average Bonchev–Trinajstić information content (AvgIpc) is 2.32. The number of para-hydroxylation sites is 1. The molecule has 0 aliphatic rings. The third-order valence-electron chi connectivity index (χ3n) is 2.67. The summed E-state index contributed by atoms with van der Waals surface area (Å²) in [6.45, 7) is 0.631. The average molecular weight is 285 g/mol. The molecule has 19 heavy (non-hydrogen) atoms. The van der Waals surface area contributed by atoms with Gasteiger partial charge in [-0.25, -0.2) is 8.42 Å². The van der Waals surface area contributed by atoms with Crippen molar-refractivity contribution in [3.8, 4) is 0 Å². The quantitative estimate of drug-likeness (QED) is 0.715. The maximum atomic E-state index is 11.6. The highest BCUT2D eigenvalue weighted by molar-refractivity contribution is 7.90. The molecule has 0 bridgehead atoms. The summed E-state index contributed by atoms with van der Waals surface area (Å²) in [6.07, 6.45) is 3.62. The lowest BCUT2D eigenvalue weighted by Crippen LogP contribution is -2.07. The molecule has 1 aromatic rings. The molecule has 1 rings (SSSR count). The molecule has 0 spiro atoms. The number of rotatable bonds is 8. The van der Waals surface area contributed by atoms with Crippen molar-refractivity contribution in [2.24, 2.45) is 0 Å². The molecule has 2 N–H and O–H groups in total. The van der Waals surface area contributed by atoms with Crippen molar-refractivity contribution in [3.63, 3.8) is 0 Å². The highest BCUT2D eigenvalue weighted by Crippen LogP contribution is 2.20. The number of carbonyl (C=O) groups is 1. The Labute approximate surface area is 113 Å². The predicted octanol–water partition coefficient (Wildman–Crippen LogP) is 2.15. The maximum Gasteiger partial charge on any atom is 0.303 e. The molecule has 106 valence electrons. The van der Waals surface area contributed by atoms with Crippen molar-refractivity contribution in [2.45, 2.75) is 30.6 Å². The van der Waals surface area contributed by atoms with Gasteiger partial charge in [-0.05, 0) is 25.0 Å². The Balaban J connectivity index is 2.44. The molecule has 0 amide bonds. The summed E-state index contributed by atoms with van der Waals surface area (Å²) in [6, 6.07) is 6.77. The Morgan fingerprint density at radius 3 is 2.53 bits per heavy atom. The van der Waals surface area contributed by atoms with E-state index < -0.39 is 15.8 Å². The fraction of sp³-hybridized carbons (Fsp3) is 0.462. The molecule has 0 aliphatic carbocycles. The van der Waals surface area contributed by atoms with Gasteiger partial charge in [-0.1, -0.05) is 18.6 Å². The van der Waals surface area contributed by atoms with Crippen LogP contribution in [0.3, 0.4) is 0 Å². The number of unbranched alkanes of at least 4 members (excludes halogenated alkanes) is 2. The summed E-state index contributed by atoms with van der Waals surface area (Å²) in [7, 11) is -3.23. The molecule has 0 saturated carbocycles. The van der Waals surface area contributed by atoms with E-state index in [1.165, 1.54) is 6.26 Å². The van der Waals surface area contributed by atoms with E-state index in [1.807, 2.05) is 0 Å². The minimum Gasteiger partial charge on any atom is -0.481 e. The van der Waals surface area contributed by atoms with Crippen LogP contribution >= 0.6 is 0 Å². The largest absolute Gasteiger partial charge is 0.481 e. The SMILES string of the molecule is CS(=O)(=O)c1ccccc1NCCCCCC(=O)O. The van der Waals surface area contributed by atoms with Gasteiger partial charge in [0.15, 0.2) is 9.84 Å². The first kappa shape index (κ1) is 15.5. The summed E-state index contributed by atoms with van der Waals surface area (Å²) < 4.78 is 23.1. The van der Waals surface area contributed by atoms with Crippen LogP contribution in [0, 0.1) is 0 Å². The number of benzene rings is 1. The van der Waals surface area contributed by atoms with Crippen molar-refractivity contribution < 1.29 is 18.3 Å². The molecule has 0 fully saturated rings. The summed E-state index contributed by atoms with van der Waals surface area (Å²) >= 11 is 0. The monoisotopic (exact) mass is 285 g/mol. The third-order valence-corrected chi connectivity index (χ3v) is 3.82. The second-order valence-corrected chi connectivity index (χ2v) is 6.38. The van der Waals surface area contributed by atoms with Gasteiger partial charge >= 0.3 is 5.97 Å². The van der Waals surface area contributed by atoms with Gasteiger partial charge in [-0.2, -0.15) is 0 Å². The van der Waals surface area contributed by atoms with E-state index in [9.17, 15) is 13.2 Å². The number of hydrogen-bond donors (Lipinski definition) is 2. The number of carboxylic acid groups (broad SMARTS) is 1. The second-order valence-electron chi connectivity index (χ2n) is 4.40. The Bertz CT molecular complexity index is 525. The van der Waals surface area contributed by atoms with E-state index >= 15 is 0 Å². The van der Waals surface area contributed by atoms with Crippen LogP contribution in [-0.2, 0) is 14.6 Å². The topological polar surface area (TPSA) is 83.5 Å². The van der Waals surface area contributed by atoms with Crippen LogP contribution in [0.2, 0.25) is 0 Å². The molecule has 1 aromatic carbocycles. The summed E-state index contributed by atoms with van der Waals surface area (Å²) in [5.41, 5.74) is 0.600. The smallest absolute Gasteiger partial charge is 0.303 e. The van der Waals surface area contributed by atoms with E-state index in [4.69, 9.17) is 5.11 Å². The van der Waals surface area contributed by atoms with Gasteiger partial charge in [-0.3, -0.25) is 4.79 Å². The number of aliphatic carboxylic acids is 1. The number of sulfone groups is 1. The second kappa shape index (κ2) is 7.13. The van der Waals surface area contributed by atoms with Crippen LogP contribution in [0.4, 0.5) is 5.69 Å². The van der Waals surface area contributed by atoms with Gasteiger partial charge in [-0.15, -0.1) is 0 Å². The minimum absolute atomic E-state index is 0.180. The van der Waals surface area contributed by atoms with E-state index in [0.29, 0.717) is 23.5 Å². The summed E-state index contributed by atoms with van der Waals surface area (Å²) in [4.78, 5) is 10.6. The molecular weight excluding hydrogens is 266 g/mol. The highest BCUT2D eigenvalue weighted by atomic mass is 32.2. The first-order valence-corrected chi connectivity index (χ1v) is 8.05. The number of nitrogens with one attached hydrogen (secondary N) is 1. The van der Waals surface area contributed by atoms with Gasteiger partial charge in [0.05, 0.1) is 10.6 Å². The lowest BCUT2D eigenvalue weighted by molar-refractivity contribution is -0.137. The number of hydrogen-bond acceptors (Lipinski definition) is 4. The lowest BCUT2D eigenvalue weighted by Gasteiger charge is -2.10. The first-order valence-electron chi connectivity index (χ1n) is 6.16. The van der Waals surface area contributed by atoms with Crippen molar-refractivity contribution in [2.75, 3.05) is 18.1 Å². The third kappa shape index (κ3) is 5.74. The zero-order chi connectivity index (χ0) is 14.3. The van der Waals surface area contributed by atoms with Crippen LogP contribution in [0.5, 0.6) is 0 Å².